The average Bonchev–Trinajstić information content (AvgIpc) is 3.25. The molecule has 190 valence electrons. The largest absolute Gasteiger partial charge is 0.394 e. The van der Waals surface area contributed by atoms with Crippen LogP contribution in [-0.4, -0.2) is 83.7 Å². The first-order valence-electron chi connectivity index (χ1n) is 13.0. The zero-order valence-electron chi connectivity index (χ0n) is 20.8. The summed E-state index contributed by atoms with van der Waals surface area (Å²) in [5.41, 5.74) is 3.74. The normalized spacial score (nSPS) is 24.9. The van der Waals surface area contributed by atoms with E-state index in [0.717, 1.165) is 39.3 Å². The summed E-state index contributed by atoms with van der Waals surface area (Å²) in [7, 11) is 0. The van der Waals surface area contributed by atoms with E-state index in [1.807, 2.05) is 18.2 Å². The summed E-state index contributed by atoms with van der Waals surface area (Å²) in [6.45, 7) is 5.62. The van der Waals surface area contributed by atoms with Crippen molar-refractivity contribution in [3.8, 4) is 0 Å². The monoisotopic (exact) mass is 487 g/mol. The Morgan fingerprint density at radius 1 is 0.722 bits per heavy atom. The van der Waals surface area contributed by atoms with Gasteiger partial charge in [0.05, 0.1) is 18.8 Å². The molecule has 4 atom stereocenters. The highest BCUT2D eigenvalue weighted by Gasteiger charge is 2.47. The molecule has 2 aliphatic heterocycles. The minimum Gasteiger partial charge on any atom is -0.394 e. The molecule has 2 saturated heterocycles. The topological polar surface area (TPSA) is 59.4 Å². The molecule has 3 aromatic carbocycles. The highest BCUT2D eigenvalue weighted by Crippen LogP contribution is 2.29. The van der Waals surface area contributed by atoms with Gasteiger partial charge < -0.3 is 19.8 Å². The van der Waals surface area contributed by atoms with Crippen molar-refractivity contribution in [1.29, 1.82) is 0 Å². The van der Waals surface area contributed by atoms with Gasteiger partial charge in [-0.25, -0.2) is 0 Å². The lowest BCUT2D eigenvalue weighted by molar-refractivity contribution is -0.0325. The molecule has 2 N–H and O–H groups in total. The molecule has 6 heteroatoms. The summed E-state index contributed by atoms with van der Waals surface area (Å²) < 4.78 is 6.31. The van der Waals surface area contributed by atoms with Gasteiger partial charge in [-0.2, -0.15) is 0 Å². The third-order valence-electron chi connectivity index (χ3n) is 7.43. The van der Waals surface area contributed by atoms with Crippen LogP contribution in [0.2, 0.25) is 0 Å². The van der Waals surface area contributed by atoms with Crippen LogP contribution in [-0.2, 0) is 17.8 Å². The molecule has 0 amide bonds. The number of para-hydroxylation sites is 1. The minimum atomic E-state index is -0.710. The average molecular weight is 488 g/mol. The second-order valence-corrected chi connectivity index (χ2v) is 9.88. The Labute approximate surface area is 214 Å². The number of hydrogen-bond acceptors (Lipinski definition) is 6. The number of anilines is 1. The summed E-state index contributed by atoms with van der Waals surface area (Å²) in [5, 5.41) is 21.1. The summed E-state index contributed by atoms with van der Waals surface area (Å²) in [6.07, 6.45) is -1.45. The molecule has 5 rings (SSSR count). The van der Waals surface area contributed by atoms with Crippen molar-refractivity contribution in [1.82, 2.24) is 9.80 Å². The number of aliphatic hydroxyl groups excluding tert-OH is 2. The second-order valence-electron chi connectivity index (χ2n) is 9.88. The number of hydrogen-bond donors (Lipinski definition) is 2. The molecular weight excluding hydrogens is 450 g/mol. The summed E-state index contributed by atoms with van der Waals surface area (Å²) in [4.78, 5) is 7.16. The van der Waals surface area contributed by atoms with Crippen LogP contribution in [0.5, 0.6) is 0 Å². The fourth-order valence-corrected chi connectivity index (χ4v) is 5.62. The highest BCUT2D eigenvalue weighted by atomic mass is 16.5. The van der Waals surface area contributed by atoms with Crippen LogP contribution < -0.4 is 4.90 Å². The van der Waals surface area contributed by atoms with E-state index in [-0.39, 0.29) is 18.8 Å². The van der Waals surface area contributed by atoms with Crippen LogP contribution >= 0.6 is 0 Å². The van der Waals surface area contributed by atoms with Crippen LogP contribution in [0.15, 0.2) is 91.0 Å². The molecule has 3 aromatic rings. The Hall–Kier alpha value is -2.74. The maximum absolute atomic E-state index is 11.2. The Kier molecular flexibility index (Phi) is 8.31. The highest BCUT2D eigenvalue weighted by molar-refractivity contribution is 5.46. The van der Waals surface area contributed by atoms with Crippen molar-refractivity contribution < 1.29 is 14.9 Å². The van der Waals surface area contributed by atoms with Crippen molar-refractivity contribution in [2.75, 3.05) is 44.2 Å². The van der Waals surface area contributed by atoms with Gasteiger partial charge in [-0.05, 0) is 23.3 Å². The first-order chi connectivity index (χ1) is 17.7. The standard InChI is InChI=1S/C30H37N3O3/c34-23-28-30(35)29(33-18-16-32(17-19-33)26-14-8-3-9-15-26)27(36-28)22-31(20-24-10-4-1-5-11-24)21-25-12-6-2-7-13-25/h1-15,27-30,34-35H,16-23H2/t27-,28+,29+,30-/m1/s1. The third-order valence-corrected chi connectivity index (χ3v) is 7.43. The van der Waals surface area contributed by atoms with Gasteiger partial charge in [0.25, 0.3) is 0 Å². The van der Waals surface area contributed by atoms with Gasteiger partial charge >= 0.3 is 0 Å². The van der Waals surface area contributed by atoms with Crippen molar-refractivity contribution in [3.63, 3.8) is 0 Å². The van der Waals surface area contributed by atoms with Gasteiger partial charge in [-0.3, -0.25) is 9.80 Å². The maximum Gasteiger partial charge on any atom is 0.109 e. The molecule has 2 heterocycles. The van der Waals surface area contributed by atoms with Gasteiger partial charge in [-0.15, -0.1) is 0 Å². The molecule has 36 heavy (non-hydrogen) atoms. The van der Waals surface area contributed by atoms with Crippen molar-refractivity contribution in [2.45, 2.75) is 37.4 Å². The number of piperazine rings is 1. The Bertz CT molecular complexity index is 1000. The van der Waals surface area contributed by atoms with Crippen LogP contribution in [0.1, 0.15) is 11.1 Å². The molecule has 0 spiro atoms. The predicted molar refractivity (Wildman–Crippen MR) is 143 cm³/mol. The van der Waals surface area contributed by atoms with Crippen LogP contribution in [0, 0.1) is 0 Å². The van der Waals surface area contributed by atoms with Gasteiger partial charge in [0.2, 0.25) is 0 Å². The summed E-state index contributed by atoms with van der Waals surface area (Å²) in [6, 6.07) is 31.3. The molecule has 2 fully saturated rings. The summed E-state index contributed by atoms with van der Waals surface area (Å²) in [5.74, 6) is 0. The lowest BCUT2D eigenvalue weighted by Gasteiger charge is -2.42. The molecule has 6 nitrogen and oxygen atoms in total. The molecule has 0 aliphatic carbocycles. The van der Waals surface area contributed by atoms with Crippen LogP contribution in [0.3, 0.4) is 0 Å². The van der Waals surface area contributed by atoms with Gasteiger partial charge in [0.15, 0.2) is 0 Å². The van der Waals surface area contributed by atoms with Crippen molar-refractivity contribution in [3.05, 3.63) is 102 Å². The van der Waals surface area contributed by atoms with Crippen LogP contribution in [0.4, 0.5) is 5.69 Å². The number of nitrogens with zero attached hydrogens (tertiary/aromatic N) is 3. The quantitative estimate of drug-likeness (QED) is 0.484. The van der Waals surface area contributed by atoms with Gasteiger partial charge in [0.1, 0.15) is 12.2 Å². The molecule has 2 aliphatic rings. The van der Waals surface area contributed by atoms with Gasteiger partial charge in [0, 0.05) is 51.5 Å². The molecule has 0 unspecified atom stereocenters. The second kappa shape index (κ2) is 12.0. The van der Waals surface area contributed by atoms with Crippen LogP contribution in [0.25, 0.3) is 0 Å². The Morgan fingerprint density at radius 2 is 1.25 bits per heavy atom. The summed E-state index contributed by atoms with van der Waals surface area (Å²) >= 11 is 0. The fraction of sp³-hybridized carbons (Fsp3) is 0.400. The molecule has 0 radical (unpaired) electrons. The fourth-order valence-electron chi connectivity index (χ4n) is 5.62. The lowest BCUT2D eigenvalue weighted by Crippen LogP contribution is -2.57. The molecular formula is C30H37N3O3. The zero-order chi connectivity index (χ0) is 24.7. The van der Waals surface area contributed by atoms with E-state index in [1.165, 1.54) is 16.8 Å². The SMILES string of the molecule is OC[C@@H]1O[C@H](CN(Cc2ccccc2)Cc2ccccc2)[C@H](N2CCN(c3ccccc3)CC2)[C@@H]1O. The number of ether oxygens (including phenoxy) is 1. The van der Waals surface area contributed by atoms with E-state index in [2.05, 4.69) is 87.5 Å². The number of aliphatic hydroxyl groups is 2. The Balaban J connectivity index is 1.31. The molecule has 0 aromatic heterocycles. The predicted octanol–water partition coefficient (Wildman–Crippen LogP) is 3.00. The van der Waals surface area contributed by atoms with E-state index >= 15 is 0 Å². The number of benzene rings is 3. The first kappa shape index (κ1) is 24.9. The minimum absolute atomic E-state index is 0.144. The molecule has 0 bridgehead atoms. The van der Waals surface area contributed by atoms with Crippen molar-refractivity contribution >= 4 is 5.69 Å². The molecule has 0 saturated carbocycles. The van der Waals surface area contributed by atoms with E-state index in [9.17, 15) is 10.2 Å². The first-order valence-corrected chi connectivity index (χ1v) is 13.0. The van der Waals surface area contributed by atoms with E-state index in [1.54, 1.807) is 0 Å². The zero-order valence-corrected chi connectivity index (χ0v) is 20.8. The lowest BCUT2D eigenvalue weighted by atomic mass is 10.0. The van der Waals surface area contributed by atoms with E-state index < -0.39 is 12.2 Å². The third kappa shape index (κ3) is 5.97. The maximum atomic E-state index is 11.2. The Morgan fingerprint density at radius 3 is 1.78 bits per heavy atom. The number of rotatable bonds is 9. The van der Waals surface area contributed by atoms with Crippen molar-refractivity contribution in [2.24, 2.45) is 0 Å². The smallest absolute Gasteiger partial charge is 0.109 e. The van der Waals surface area contributed by atoms with E-state index in [4.69, 9.17) is 4.74 Å². The van der Waals surface area contributed by atoms with E-state index in [0.29, 0.717) is 6.54 Å². The van der Waals surface area contributed by atoms with Gasteiger partial charge in [-0.1, -0.05) is 78.9 Å².